The van der Waals surface area contributed by atoms with Crippen molar-refractivity contribution in [1.29, 1.82) is 0 Å². The summed E-state index contributed by atoms with van der Waals surface area (Å²) in [5.41, 5.74) is 0.980. The van der Waals surface area contributed by atoms with E-state index in [-0.39, 0.29) is 0 Å². The minimum atomic E-state index is -1.82. The van der Waals surface area contributed by atoms with E-state index >= 15 is 0 Å². The third-order valence-electron chi connectivity index (χ3n) is 3.37. The lowest BCUT2D eigenvalue weighted by Gasteiger charge is -2.15. The minimum Gasteiger partial charge on any atom is -0.473 e. The van der Waals surface area contributed by atoms with Gasteiger partial charge in [0, 0.05) is 12.6 Å². The molecule has 1 aliphatic heterocycles. The van der Waals surface area contributed by atoms with Gasteiger partial charge in [0.25, 0.3) is 0 Å². The second kappa shape index (κ2) is 7.04. The maximum atomic E-state index is 9.10. The Balaban J connectivity index is 0.000000286. The number of carboxylic acid groups (broad SMARTS) is 2. The molecule has 2 rings (SSSR count). The highest BCUT2D eigenvalue weighted by Crippen LogP contribution is 2.35. The van der Waals surface area contributed by atoms with E-state index in [1.165, 1.54) is 19.4 Å². The molecule has 0 amide bonds. The van der Waals surface area contributed by atoms with Crippen LogP contribution < -0.4 is 0 Å². The number of likely N-dealkylation sites (tertiary alicyclic amines) is 1. The monoisotopic (exact) mass is 284 g/mol. The van der Waals surface area contributed by atoms with Crippen LogP contribution in [0.5, 0.6) is 0 Å². The maximum Gasteiger partial charge on any atom is 0.414 e. The molecule has 1 aromatic heterocycles. The molecule has 2 heterocycles. The Labute approximate surface area is 117 Å². The van der Waals surface area contributed by atoms with Gasteiger partial charge < -0.3 is 14.7 Å². The quantitative estimate of drug-likeness (QED) is 0.794. The van der Waals surface area contributed by atoms with E-state index in [4.69, 9.17) is 24.3 Å². The number of aliphatic carboxylic acids is 2. The SMILES string of the molecule is CC[C@H]1C[C@H](c2cc(C)no2)N(C)C1.O=C(O)C(=O)O. The Morgan fingerprint density at radius 1 is 1.45 bits per heavy atom. The van der Waals surface area contributed by atoms with E-state index in [9.17, 15) is 0 Å². The van der Waals surface area contributed by atoms with E-state index in [0.717, 1.165) is 17.4 Å². The molecule has 1 aromatic rings. The van der Waals surface area contributed by atoms with Crippen LogP contribution in [0, 0.1) is 12.8 Å². The Morgan fingerprint density at radius 3 is 2.40 bits per heavy atom. The summed E-state index contributed by atoms with van der Waals surface area (Å²) in [4.78, 5) is 20.6. The molecule has 20 heavy (non-hydrogen) atoms. The van der Waals surface area contributed by atoms with Gasteiger partial charge in [-0.25, -0.2) is 9.59 Å². The highest BCUT2D eigenvalue weighted by Gasteiger charge is 2.31. The summed E-state index contributed by atoms with van der Waals surface area (Å²) in [6.45, 7) is 5.41. The van der Waals surface area contributed by atoms with Crippen molar-refractivity contribution in [2.75, 3.05) is 13.6 Å². The van der Waals surface area contributed by atoms with E-state index in [0.29, 0.717) is 6.04 Å². The molecule has 0 aliphatic carbocycles. The van der Waals surface area contributed by atoms with Crippen LogP contribution >= 0.6 is 0 Å². The van der Waals surface area contributed by atoms with Gasteiger partial charge in [0.2, 0.25) is 0 Å². The van der Waals surface area contributed by atoms with Crippen molar-refractivity contribution in [3.8, 4) is 0 Å². The summed E-state index contributed by atoms with van der Waals surface area (Å²) >= 11 is 0. The number of hydrogen-bond acceptors (Lipinski definition) is 5. The largest absolute Gasteiger partial charge is 0.473 e. The van der Waals surface area contributed by atoms with Crippen molar-refractivity contribution in [3.05, 3.63) is 17.5 Å². The number of hydrogen-bond donors (Lipinski definition) is 2. The first kappa shape index (κ1) is 16.2. The average molecular weight is 284 g/mol. The van der Waals surface area contributed by atoms with Gasteiger partial charge >= 0.3 is 11.9 Å². The third-order valence-corrected chi connectivity index (χ3v) is 3.37. The van der Waals surface area contributed by atoms with Gasteiger partial charge in [-0.2, -0.15) is 0 Å². The van der Waals surface area contributed by atoms with Crippen LogP contribution in [0.3, 0.4) is 0 Å². The Kier molecular flexibility index (Phi) is 5.69. The van der Waals surface area contributed by atoms with Gasteiger partial charge in [-0.1, -0.05) is 18.5 Å². The minimum absolute atomic E-state index is 0.446. The van der Waals surface area contributed by atoms with Crippen LogP contribution in [0.2, 0.25) is 0 Å². The van der Waals surface area contributed by atoms with Gasteiger partial charge in [-0.05, 0) is 26.3 Å². The predicted octanol–water partition coefficient (Wildman–Crippen LogP) is 1.54. The first-order valence-corrected chi connectivity index (χ1v) is 6.44. The Bertz CT molecular complexity index is 459. The molecule has 0 spiro atoms. The molecule has 0 unspecified atom stereocenters. The summed E-state index contributed by atoms with van der Waals surface area (Å²) in [6.07, 6.45) is 2.47. The first-order chi connectivity index (χ1) is 9.35. The highest BCUT2D eigenvalue weighted by molar-refractivity contribution is 6.27. The van der Waals surface area contributed by atoms with Gasteiger partial charge in [0.05, 0.1) is 11.7 Å². The molecule has 7 nitrogen and oxygen atoms in total. The van der Waals surface area contributed by atoms with E-state index in [1.54, 1.807) is 0 Å². The molecule has 2 atom stereocenters. The van der Waals surface area contributed by atoms with Crippen LogP contribution in [-0.4, -0.2) is 45.8 Å². The third kappa shape index (κ3) is 4.34. The van der Waals surface area contributed by atoms with E-state index < -0.39 is 11.9 Å². The number of aromatic nitrogens is 1. The molecule has 0 saturated carbocycles. The zero-order chi connectivity index (χ0) is 15.3. The fourth-order valence-corrected chi connectivity index (χ4v) is 2.27. The average Bonchev–Trinajstić information content (AvgIpc) is 2.95. The first-order valence-electron chi connectivity index (χ1n) is 6.44. The maximum absolute atomic E-state index is 9.10. The molecule has 0 bridgehead atoms. The molecule has 7 heteroatoms. The Hall–Kier alpha value is -1.89. The van der Waals surface area contributed by atoms with Gasteiger partial charge in [0.15, 0.2) is 5.76 Å². The normalized spacial score (nSPS) is 22.1. The summed E-state index contributed by atoms with van der Waals surface area (Å²) in [7, 11) is 2.16. The van der Waals surface area contributed by atoms with Crippen LogP contribution in [0.4, 0.5) is 0 Å². The molecule has 0 radical (unpaired) electrons. The highest BCUT2D eigenvalue weighted by atomic mass is 16.5. The fourth-order valence-electron chi connectivity index (χ4n) is 2.27. The van der Waals surface area contributed by atoms with Crippen LogP contribution in [0.1, 0.15) is 37.3 Å². The summed E-state index contributed by atoms with van der Waals surface area (Å²) in [5, 5.41) is 18.7. The molecule has 112 valence electrons. The lowest BCUT2D eigenvalue weighted by atomic mass is 10.0. The lowest BCUT2D eigenvalue weighted by Crippen LogP contribution is -2.17. The topological polar surface area (TPSA) is 104 Å². The molecule has 1 saturated heterocycles. The number of aryl methyl sites for hydroxylation is 1. The van der Waals surface area contributed by atoms with Gasteiger partial charge in [0.1, 0.15) is 0 Å². The standard InChI is InChI=1S/C11H18N2O.C2H2O4/c1-4-9-6-10(13(3)7-9)11-5-8(2)12-14-11;3-1(4)2(5)6/h5,9-10H,4,6-7H2,1-3H3;(H,3,4)(H,5,6)/t9-,10+;/m0./s1. The molecule has 1 aliphatic rings. The van der Waals surface area contributed by atoms with Crippen LogP contribution in [0.15, 0.2) is 10.6 Å². The summed E-state index contributed by atoms with van der Waals surface area (Å²) < 4.78 is 5.32. The molecular formula is C13H20N2O5. The molecule has 0 aromatic carbocycles. The molecular weight excluding hydrogens is 264 g/mol. The van der Waals surface area contributed by atoms with Crippen molar-refractivity contribution in [1.82, 2.24) is 10.1 Å². The van der Waals surface area contributed by atoms with E-state index in [2.05, 4.69) is 30.1 Å². The number of nitrogens with zero attached hydrogens (tertiary/aromatic N) is 2. The van der Waals surface area contributed by atoms with Gasteiger partial charge in [-0.3, -0.25) is 4.90 Å². The van der Waals surface area contributed by atoms with Crippen LogP contribution in [-0.2, 0) is 9.59 Å². The second-order valence-corrected chi connectivity index (χ2v) is 4.95. The lowest BCUT2D eigenvalue weighted by molar-refractivity contribution is -0.159. The van der Waals surface area contributed by atoms with Gasteiger partial charge in [-0.15, -0.1) is 0 Å². The summed E-state index contributed by atoms with van der Waals surface area (Å²) in [5.74, 6) is -1.80. The van der Waals surface area contributed by atoms with Crippen molar-refractivity contribution in [3.63, 3.8) is 0 Å². The van der Waals surface area contributed by atoms with Crippen molar-refractivity contribution in [2.24, 2.45) is 5.92 Å². The van der Waals surface area contributed by atoms with Crippen molar-refractivity contribution < 1.29 is 24.3 Å². The smallest absolute Gasteiger partial charge is 0.414 e. The zero-order valence-corrected chi connectivity index (χ0v) is 11.9. The molecule has 1 fully saturated rings. The second-order valence-electron chi connectivity index (χ2n) is 4.95. The zero-order valence-electron chi connectivity index (χ0n) is 11.9. The molecule has 2 N–H and O–H groups in total. The van der Waals surface area contributed by atoms with Crippen LogP contribution in [0.25, 0.3) is 0 Å². The van der Waals surface area contributed by atoms with Crippen molar-refractivity contribution >= 4 is 11.9 Å². The Morgan fingerprint density at radius 2 is 2.05 bits per heavy atom. The number of carbonyl (C=O) groups is 2. The fraction of sp³-hybridized carbons (Fsp3) is 0.615. The number of carboxylic acids is 2. The van der Waals surface area contributed by atoms with E-state index in [1.807, 2.05) is 6.92 Å². The van der Waals surface area contributed by atoms with Crippen molar-refractivity contribution in [2.45, 2.75) is 32.7 Å². The summed E-state index contributed by atoms with van der Waals surface area (Å²) in [6, 6.07) is 2.50. The predicted molar refractivity (Wildman–Crippen MR) is 70.3 cm³/mol. The number of rotatable bonds is 2.